The number of benzene rings is 2. The van der Waals surface area contributed by atoms with Gasteiger partial charge < -0.3 is 15.0 Å². The summed E-state index contributed by atoms with van der Waals surface area (Å²) in [6.45, 7) is 3.12. The molecule has 0 bridgehead atoms. The third-order valence-electron chi connectivity index (χ3n) is 5.31. The Kier molecular flexibility index (Phi) is 7.81. The van der Waals surface area contributed by atoms with Gasteiger partial charge in [0.05, 0.1) is 19.4 Å². The average Bonchev–Trinajstić information content (AvgIpc) is 3.19. The summed E-state index contributed by atoms with van der Waals surface area (Å²) in [5.74, 6) is 0. The molecule has 0 aromatic heterocycles. The van der Waals surface area contributed by atoms with E-state index >= 15 is 0 Å². The van der Waals surface area contributed by atoms with Gasteiger partial charge in [-0.2, -0.15) is 5.10 Å². The fraction of sp³-hybridized carbons (Fsp3) is 0.250. The van der Waals surface area contributed by atoms with Crippen LogP contribution in [0, 0.1) is 0 Å². The maximum Gasteiger partial charge on any atom is 0.191 e. The molecule has 1 heterocycles. The van der Waals surface area contributed by atoms with E-state index in [0.29, 0.717) is 28.4 Å². The van der Waals surface area contributed by atoms with E-state index < -0.39 is 0 Å². The number of morpholine rings is 1. The number of nitrogens with zero attached hydrogens (tertiary/aromatic N) is 2. The van der Waals surface area contributed by atoms with E-state index in [1.807, 2.05) is 48.7 Å². The van der Waals surface area contributed by atoms with E-state index in [1.165, 1.54) is 16.8 Å². The lowest BCUT2D eigenvalue weighted by molar-refractivity contribution is 0.0548. The monoisotopic (exact) mass is 486 g/mol. The van der Waals surface area contributed by atoms with E-state index in [0.717, 1.165) is 37.2 Å². The number of anilines is 1. The molecule has 0 atom stereocenters. The standard InChI is InChI=1S/C24H24Cl2N4OS/c25-20-9-8-17(22(26)15-20)14-18-6-7-19(23(18)30-10-12-31-13-11-30)16-27-29-24(32)28-21-4-2-1-3-5-21/h1-5,8-9,14-16H,6-7,10-13H2,(H2,28,29,32)/b18-14-,27-16?. The number of hydrogen-bond acceptors (Lipinski definition) is 4. The van der Waals surface area contributed by atoms with Crippen molar-refractivity contribution in [1.29, 1.82) is 0 Å². The Balaban J connectivity index is 1.54. The first kappa shape index (κ1) is 22.8. The van der Waals surface area contributed by atoms with Crippen LogP contribution in [0.15, 0.2) is 70.5 Å². The van der Waals surface area contributed by atoms with Crippen molar-refractivity contribution in [3.63, 3.8) is 0 Å². The van der Waals surface area contributed by atoms with E-state index in [4.69, 9.17) is 40.2 Å². The number of rotatable bonds is 5. The zero-order valence-corrected chi connectivity index (χ0v) is 19.8. The fourth-order valence-electron chi connectivity index (χ4n) is 3.83. The summed E-state index contributed by atoms with van der Waals surface area (Å²) in [6.07, 6.45) is 5.83. The molecule has 2 aromatic carbocycles. The molecular formula is C24H24Cl2N4OS. The number of allylic oxidation sites excluding steroid dienone is 2. The Bertz CT molecular complexity index is 1060. The third kappa shape index (κ3) is 5.90. The van der Waals surface area contributed by atoms with Crippen molar-refractivity contribution < 1.29 is 4.74 Å². The van der Waals surface area contributed by atoms with Crippen LogP contribution in [-0.2, 0) is 4.74 Å². The molecule has 32 heavy (non-hydrogen) atoms. The predicted octanol–water partition coefficient (Wildman–Crippen LogP) is 5.73. The van der Waals surface area contributed by atoms with Crippen LogP contribution in [-0.4, -0.2) is 42.5 Å². The number of nitrogens with one attached hydrogen (secondary N) is 2. The Morgan fingerprint density at radius 3 is 2.59 bits per heavy atom. The first-order valence-electron chi connectivity index (χ1n) is 10.5. The van der Waals surface area contributed by atoms with Crippen molar-refractivity contribution in [3.8, 4) is 0 Å². The molecule has 0 spiro atoms. The van der Waals surface area contributed by atoms with E-state index in [2.05, 4.69) is 26.8 Å². The predicted molar refractivity (Wildman–Crippen MR) is 137 cm³/mol. The van der Waals surface area contributed by atoms with Crippen LogP contribution in [0.25, 0.3) is 6.08 Å². The minimum absolute atomic E-state index is 0.447. The van der Waals surface area contributed by atoms with Crippen molar-refractivity contribution >= 4 is 58.5 Å². The van der Waals surface area contributed by atoms with Gasteiger partial charge in [-0.15, -0.1) is 0 Å². The number of hydrazone groups is 1. The molecule has 0 saturated carbocycles. The third-order valence-corrected chi connectivity index (χ3v) is 6.07. The highest BCUT2D eigenvalue weighted by Crippen LogP contribution is 2.36. The quantitative estimate of drug-likeness (QED) is 0.321. The van der Waals surface area contributed by atoms with E-state index in [9.17, 15) is 0 Å². The highest BCUT2D eigenvalue weighted by Gasteiger charge is 2.25. The molecule has 5 nitrogen and oxygen atoms in total. The molecule has 2 aliphatic rings. The molecule has 1 aliphatic carbocycles. The number of para-hydroxylation sites is 1. The van der Waals surface area contributed by atoms with Gasteiger partial charge in [0, 0.05) is 34.5 Å². The Morgan fingerprint density at radius 1 is 1.06 bits per heavy atom. The highest BCUT2D eigenvalue weighted by atomic mass is 35.5. The van der Waals surface area contributed by atoms with Crippen molar-refractivity contribution in [2.75, 3.05) is 31.6 Å². The summed E-state index contributed by atoms with van der Waals surface area (Å²) in [6, 6.07) is 15.4. The first-order chi connectivity index (χ1) is 15.6. The van der Waals surface area contributed by atoms with Gasteiger partial charge in [0.1, 0.15) is 0 Å². The molecule has 1 aliphatic heterocycles. The van der Waals surface area contributed by atoms with Gasteiger partial charge in [-0.05, 0) is 72.1 Å². The first-order valence-corrected chi connectivity index (χ1v) is 11.6. The molecular weight excluding hydrogens is 463 g/mol. The fourth-order valence-corrected chi connectivity index (χ4v) is 4.46. The Hall–Kier alpha value is -2.38. The molecule has 166 valence electrons. The normalized spacial score (nSPS) is 17.9. The number of hydrogen-bond donors (Lipinski definition) is 2. The second kappa shape index (κ2) is 11.0. The van der Waals surface area contributed by atoms with Gasteiger partial charge in [-0.25, -0.2) is 0 Å². The second-order valence-corrected chi connectivity index (χ2v) is 8.75. The second-order valence-electron chi connectivity index (χ2n) is 7.50. The molecule has 0 amide bonds. The van der Waals surface area contributed by atoms with Crippen molar-refractivity contribution in [2.45, 2.75) is 12.8 Å². The largest absolute Gasteiger partial charge is 0.378 e. The summed E-state index contributed by atoms with van der Waals surface area (Å²) in [7, 11) is 0. The molecule has 0 unspecified atom stereocenters. The van der Waals surface area contributed by atoms with Gasteiger partial charge in [-0.1, -0.05) is 47.5 Å². The molecule has 2 N–H and O–H groups in total. The zero-order valence-electron chi connectivity index (χ0n) is 17.5. The average molecular weight is 487 g/mol. The van der Waals surface area contributed by atoms with Gasteiger partial charge >= 0.3 is 0 Å². The van der Waals surface area contributed by atoms with Crippen LogP contribution in [0.4, 0.5) is 5.69 Å². The van der Waals surface area contributed by atoms with Crippen LogP contribution in [0.3, 0.4) is 0 Å². The lowest BCUT2D eigenvalue weighted by atomic mass is 10.1. The van der Waals surface area contributed by atoms with Crippen LogP contribution < -0.4 is 10.7 Å². The van der Waals surface area contributed by atoms with Gasteiger partial charge in [0.2, 0.25) is 0 Å². The lowest BCUT2D eigenvalue weighted by Gasteiger charge is -2.31. The van der Waals surface area contributed by atoms with Crippen LogP contribution in [0.1, 0.15) is 18.4 Å². The SMILES string of the molecule is S=C(NN=CC1=C(N2CCOCC2)/C(=C\c2ccc(Cl)cc2Cl)CC1)Nc1ccccc1. The zero-order chi connectivity index (χ0) is 22.3. The topological polar surface area (TPSA) is 48.9 Å². The number of halogens is 2. The molecule has 1 fully saturated rings. The Labute approximate surface area is 203 Å². The van der Waals surface area contributed by atoms with E-state index in [1.54, 1.807) is 6.07 Å². The molecule has 8 heteroatoms. The van der Waals surface area contributed by atoms with Gasteiger partial charge in [-0.3, -0.25) is 5.43 Å². The summed E-state index contributed by atoms with van der Waals surface area (Å²) in [4.78, 5) is 2.37. The minimum atomic E-state index is 0.447. The summed E-state index contributed by atoms with van der Waals surface area (Å²) in [5, 5.41) is 9.24. The summed E-state index contributed by atoms with van der Waals surface area (Å²) in [5.41, 5.74) is 8.40. The van der Waals surface area contributed by atoms with Gasteiger partial charge in [0.15, 0.2) is 5.11 Å². The van der Waals surface area contributed by atoms with Crippen LogP contribution in [0.5, 0.6) is 0 Å². The molecule has 4 rings (SSSR count). The maximum absolute atomic E-state index is 6.43. The Morgan fingerprint density at radius 2 is 1.84 bits per heavy atom. The molecule has 1 saturated heterocycles. The van der Waals surface area contributed by atoms with Crippen molar-refractivity contribution in [2.24, 2.45) is 5.10 Å². The number of ether oxygens (including phenoxy) is 1. The molecule has 2 aromatic rings. The van der Waals surface area contributed by atoms with Crippen LogP contribution >= 0.6 is 35.4 Å². The van der Waals surface area contributed by atoms with E-state index in [-0.39, 0.29) is 0 Å². The summed E-state index contributed by atoms with van der Waals surface area (Å²) < 4.78 is 5.56. The van der Waals surface area contributed by atoms with Crippen molar-refractivity contribution in [3.05, 3.63) is 81.0 Å². The maximum atomic E-state index is 6.43. The van der Waals surface area contributed by atoms with Crippen LogP contribution in [0.2, 0.25) is 10.0 Å². The number of thiocarbonyl (C=S) groups is 1. The smallest absolute Gasteiger partial charge is 0.191 e. The highest BCUT2D eigenvalue weighted by molar-refractivity contribution is 7.80. The van der Waals surface area contributed by atoms with Gasteiger partial charge in [0.25, 0.3) is 0 Å². The minimum Gasteiger partial charge on any atom is -0.378 e. The summed E-state index contributed by atoms with van der Waals surface area (Å²) >= 11 is 17.8. The molecule has 0 radical (unpaired) electrons. The van der Waals surface area contributed by atoms with Crippen molar-refractivity contribution in [1.82, 2.24) is 10.3 Å². The lowest BCUT2D eigenvalue weighted by Crippen LogP contribution is -2.36.